The lowest BCUT2D eigenvalue weighted by Crippen LogP contribution is -2.02. The number of aromatic nitrogens is 2. The van der Waals surface area contributed by atoms with Gasteiger partial charge in [-0.2, -0.15) is 4.98 Å². The normalized spacial score (nSPS) is 10.4. The van der Waals surface area contributed by atoms with Gasteiger partial charge in [0.2, 0.25) is 0 Å². The summed E-state index contributed by atoms with van der Waals surface area (Å²) in [7, 11) is 0. The molecule has 0 spiro atoms. The third-order valence-electron chi connectivity index (χ3n) is 2.38. The first-order chi connectivity index (χ1) is 9.10. The van der Waals surface area contributed by atoms with Crippen LogP contribution in [0.4, 0.5) is 5.69 Å². The summed E-state index contributed by atoms with van der Waals surface area (Å²) in [4.78, 5) is 14.3. The van der Waals surface area contributed by atoms with Crippen molar-refractivity contribution >= 4 is 5.69 Å². The Hall–Kier alpha value is -2.48. The predicted molar refractivity (Wildman–Crippen MR) is 64.4 cm³/mol. The Morgan fingerprint density at radius 1 is 1.53 bits per heavy atom. The highest BCUT2D eigenvalue weighted by atomic mass is 16.6. The molecule has 8 nitrogen and oxygen atoms in total. The molecule has 0 atom stereocenters. The first-order valence-electron chi connectivity index (χ1n) is 5.49. The van der Waals surface area contributed by atoms with E-state index in [1.54, 1.807) is 13.0 Å². The van der Waals surface area contributed by atoms with Gasteiger partial charge in [-0.1, -0.05) is 11.2 Å². The minimum atomic E-state index is -0.519. The summed E-state index contributed by atoms with van der Waals surface area (Å²) in [5.74, 6) is 0.859. The number of ether oxygens (including phenoxy) is 1. The molecule has 1 heterocycles. The number of hydrogen-bond acceptors (Lipinski definition) is 7. The Bertz CT molecular complexity index is 596. The molecule has 8 heteroatoms. The van der Waals surface area contributed by atoms with Crippen molar-refractivity contribution in [3.63, 3.8) is 0 Å². The smallest absolute Gasteiger partial charge is 0.310 e. The zero-order valence-electron chi connectivity index (χ0n) is 10.2. The summed E-state index contributed by atoms with van der Waals surface area (Å²) in [5.41, 5.74) is 6.10. The lowest BCUT2D eigenvalue weighted by atomic mass is 10.2. The second-order valence-corrected chi connectivity index (χ2v) is 3.79. The van der Waals surface area contributed by atoms with Crippen LogP contribution in [0.1, 0.15) is 17.3 Å². The monoisotopic (exact) mass is 264 g/mol. The molecule has 19 heavy (non-hydrogen) atoms. The minimum absolute atomic E-state index is 0.0320. The van der Waals surface area contributed by atoms with Gasteiger partial charge in [0.25, 0.3) is 5.89 Å². The van der Waals surface area contributed by atoms with E-state index in [1.165, 1.54) is 12.1 Å². The van der Waals surface area contributed by atoms with Crippen molar-refractivity contribution in [2.45, 2.75) is 20.1 Å². The Morgan fingerprint density at radius 3 is 2.89 bits per heavy atom. The number of nitrogens with zero attached hydrogens (tertiary/aromatic N) is 3. The van der Waals surface area contributed by atoms with E-state index in [9.17, 15) is 10.1 Å². The molecule has 0 radical (unpaired) electrons. The molecule has 0 saturated carbocycles. The summed E-state index contributed by atoms with van der Waals surface area (Å²) >= 11 is 0. The molecular weight excluding hydrogens is 252 g/mol. The molecule has 100 valence electrons. The van der Waals surface area contributed by atoms with Crippen LogP contribution in [0, 0.1) is 17.0 Å². The Labute approximate surface area is 108 Å². The molecule has 2 rings (SSSR count). The number of nitro groups is 1. The summed E-state index contributed by atoms with van der Waals surface area (Å²) in [6.07, 6.45) is 0. The maximum Gasteiger partial charge on any atom is 0.310 e. The van der Waals surface area contributed by atoms with Gasteiger partial charge in [-0.3, -0.25) is 10.1 Å². The Kier molecular flexibility index (Phi) is 3.71. The van der Waals surface area contributed by atoms with Crippen LogP contribution >= 0.6 is 0 Å². The molecule has 0 saturated heterocycles. The average Bonchev–Trinajstić information content (AvgIpc) is 2.81. The third kappa shape index (κ3) is 3.05. The number of aryl methyl sites for hydroxylation is 1. The van der Waals surface area contributed by atoms with Crippen LogP contribution in [0.15, 0.2) is 22.7 Å². The maximum absolute atomic E-state index is 10.9. The highest BCUT2D eigenvalue weighted by molar-refractivity contribution is 5.48. The van der Waals surface area contributed by atoms with Crippen LogP contribution in [0.3, 0.4) is 0 Å². The van der Waals surface area contributed by atoms with Crippen molar-refractivity contribution in [2.75, 3.05) is 0 Å². The molecule has 0 aliphatic carbocycles. The first kappa shape index (κ1) is 13.0. The molecule has 0 fully saturated rings. The summed E-state index contributed by atoms with van der Waals surface area (Å²) in [6.45, 7) is 1.91. The summed E-state index contributed by atoms with van der Waals surface area (Å²) in [6, 6.07) is 4.47. The van der Waals surface area contributed by atoms with Gasteiger partial charge in [0.05, 0.1) is 4.92 Å². The summed E-state index contributed by atoms with van der Waals surface area (Å²) in [5, 5.41) is 14.5. The minimum Gasteiger partial charge on any atom is -0.477 e. The van der Waals surface area contributed by atoms with Gasteiger partial charge in [0, 0.05) is 12.6 Å². The van der Waals surface area contributed by atoms with Gasteiger partial charge < -0.3 is 15.0 Å². The molecule has 1 aromatic carbocycles. The lowest BCUT2D eigenvalue weighted by Gasteiger charge is -2.06. The van der Waals surface area contributed by atoms with E-state index in [-0.39, 0.29) is 30.5 Å². The van der Waals surface area contributed by atoms with E-state index in [2.05, 4.69) is 10.1 Å². The second-order valence-electron chi connectivity index (χ2n) is 3.79. The molecule has 0 aliphatic heterocycles. The Morgan fingerprint density at radius 2 is 2.32 bits per heavy atom. The molecule has 0 bridgehead atoms. The number of rotatable bonds is 5. The van der Waals surface area contributed by atoms with Crippen LogP contribution < -0.4 is 10.5 Å². The van der Waals surface area contributed by atoms with Gasteiger partial charge >= 0.3 is 5.69 Å². The van der Waals surface area contributed by atoms with Crippen molar-refractivity contribution in [3.05, 3.63) is 45.6 Å². The van der Waals surface area contributed by atoms with Gasteiger partial charge in [0.15, 0.2) is 18.2 Å². The zero-order valence-corrected chi connectivity index (χ0v) is 10.2. The predicted octanol–water partition coefficient (Wildman–Crippen LogP) is 1.32. The van der Waals surface area contributed by atoms with Crippen LogP contribution in [0.5, 0.6) is 5.75 Å². The SMILES string of the molecule is Cc1noc(COc2cc(CN)ccc2[N+](=O)[O-])n1. The molecular formula is C11H12N4O4. The van der Waals surface area contributed by atoms with Gasteiger partial charge in [-0.05, 0) is 18.6 Å². The maximum atomic E-state index is 10.9. The van der Waals surface area contributed by atoms with Gasteiger partial charge in [0.1, 0.15) is 0 Å². The molecule has 0 aliphatic rings. The zero-order chi connectivity index (χ0) is 13.8. The van der Waals surface area contributed by atoms with E-state index < -0.39 is 4.92 Å². The Balaban J connectivity index is 2.19. The lowest BCUT2D eigenvalue weighted by molar-refractivity contribution is -0.386. The molecule has 0 unspecified atom stereocenters. The van der Waals surface area contributed by atoms with Crippen LogP contribution in [-0.4, -0.2) is 15.1 Å². The van der Waals surface area contributed by atoms with E-state index in [1.807, 2.05) is 0 Å². The van der Waals surface area contributed by atoms with Gasteiger partial charge in [-0.25, -0.2) is 0 Å². The average molecular weight is 264 g/mol. The van der Waals surface area contributed by atoms with Crippen LogP contribution in [0.25, 0.3) is 0 Å². The van der Waals surface area contributed by atoms with Crippen molar-refractivity contribution in [1.29, 1.82) is 0 Å². The quantitative estimate of drug-likeness (QED) is 0.639. The molecule has 2 N–H and O–H groups in total. The highest BCUT2D eigenvalue weighted by Crippen LogP contribution is 2.28. The van der Waals surface area contributed by atoms with Crippen molar-refractivity contribution in [3.8, 4) is 5.75 Å². The van der Waals surface area contributed by atoms with Crippen molar-refractivity contribution in [1.82, 2.24) is 10.1 Å². The fraction of sp³-hybridized carbons (Fsp3) is 0.273. The number of hydrogen-bond donors (Lipinski definition) is 1. The second kappa shape index (κ2) is 5.44. The van der Waals surface area contributed by atoms with E-state index in [4.69, 9.17) is 15.0 Å². The number of nitro benzene ring substituents is 1. The largest absolute Gasteiger partial charge is 0.477 e. The van der Waals surface area contributed by atoms with Crippen molar-refractivity contribution in [2.24, 2.45) is 5.73 Å². The summed E-state index contributed by atoms with van der Waals surface area (Å²) < 4.78 is 10.2. The van der Waals surface area contributed by atoms with Gasteiger partial charge in [-0.15, -0.1) is 0 Å². The molecule has 1 aromatic heterocycles. The van der Waals surface area contributed by atoms with Crippen molar-refractivity contribution < 1.29 is 14.2 Å². The topological polar surface area (TPSA) is 117 Å². The van der Waals surface area contributed by atoms with E-state index >= 15 is 0 Å². The van der Waals surface area contributed by atoms with Crippen LogP contribution in [0.2, 0.25) is 0 Å². The third-order valence-corrected chi connectivity index (χ3v) is 2.38. The standard InChI is InChI=1S/C11H12N4O4/c1-7-13-11(19-14-7)6-18-10-4-8(5-12)2-3-9(10)15(16)17/h2-4H,5-6,12H2,1H3. The van der Waals surface area contributed by atoms with E-state index in [0.29, 0.717) is 5.82 Å². The first-order valence-corrected chi connectivity index (χ1v) is 5.49. The van der Waals surface area contributed by atoms with E-state index in [0.717, 1.165) is 5.56 Å². The highest BCUT2D eigenvalue weighted by Gasteiger charge is 2.16. The molecule has 2 aromatic rings. The number of nitrogens with two attached hydrogens (primary N) is 1. The number of benzene rings is 1. The fourth-order valence-electron chi connectivity index (χ4n) is 1.49. The molecule has 0 amide bonds. The van der Waals surface area contributed by atoms with Crippen LogP contribution in [-0.2, 0) is 13.2 Å². The fourth-order valence-corrected chi connectivity index (χ4v) is 1.49.